The van der Waals surface area contributed by atoms with Crippen molar-refractivity contribution in [3.8, 4) is 0 Å². The molecule has 1 aromatic rings. The highest BCUT2D eigenvalue weighted by atomic mass is 16.5. The molecule has 0 radical (unpaired) electrons. The van der Waals surface area contributed by atoms with E-state index in [0.717, 1.165) is 10.5 Å². The second-order valence-corrected chi connectivity index (χ2v) is 4.80. The lowest BCUT2D eigenvalue weighted by Gasteiger charge is -2.12. The smallest absolute Gasteiger partial charge is 0.324 e. The summed E-state index contributed by atoms with van der Waals surface area (Å²) in [6.45, 7) is -0.0428. The van der Waals surface area contributed by atoms with Crippen LogP contribution >= 0.6 is 0 Å². The van der Waals surface area contributed by atoms with E-state index in [4.69, 9.17) is 5.21 Å². The summed E-state index contributed by atoms with van der Waals surface area (Å²) >= 11 is 0. The Balaban J connectivity index is 1.87. The van der Waals surface area contributed by atoms with Gasteiger partial charge >= 0.3 is 6.03 Å². The van der Waals surface area contributed by atoms with Crippen molar-refractivity contribution >= 4 is 17.8 Å². The zero-order valence-electron chi connectivity index (χ0n) is 11.4. The quantitative estimate of drug-likeness (QED) is 0.402. The first-order valence-electron chi connectivity index (χ1n) is 6.70. The molecule has 1 aliphatic rings. The Labute approximate surface area is 121 Å². The van der Waals surface area contributed by atoms with Crippen LogP contribution in [-0.4, -0.2) is 40.5 Å². The van der Waals surface area contributed by atoms with Gasteiger partial charge in [-0.25, -0.2) is 10.3 Å². The predicted octanol–water partition coefficient (Wildman–Crippen LogP) is 0.435. The van der Waals surface area contributed by atoms with Gasteiger partial charge in [-0.15, -0.1) is 0 Å². The van der Waals surface area contributed by atoms with Crippen molar-refractivity contribution < 1.29 is 19.6 Å². The number of rotatable bonds is 6. The molecule has 1 unspecified atom stereocenters. The molecule has 112 valence electrons. The molecule has 21 heavy (non-hydrogen) atoms. The molecular formula is C14H17N3O4. The largest absolute Gasteiger partial charge is 0.326 e. The van der Waals surface area contributed by atoms with Crippen LogP contribution in [0.3, 0.4) is 0 Å². The molecule has 1 fully saturated rings. The highest BCUT2D eigenvalue weighted by molar-refractivity contribution is 6.04. The molecular weight excluding hydrogens is 274 g/mol. The molecule has 1 aromatic carbocycles. The van der Waals surface area contributed by atoms with Crippen molar-refractivity contribution in [2.24, 2.45) is 0 Å². The van der Waals surface area contributed by atoms with Gasteiger partial charge < -0.3 is 5.32 Å². The Hall–Kier alpha value is -2.41. The Morgan fingerprint density at radius 1 is 1.29 bits per heavy atom. The summed E-state index contributed by atoms with van der Waals surface area (Å²) in [5, 5.41) is 11.0. The third-order valence-electron chi connectivity index (χ3n) is 3.36. The van der Waals surface area contributed by atoms with Gasteiger partial charge in [-0.05, 0) is 18.4 Å². The van der Waals surface area contributed by atoms with Gasteiger partial charge in [0.2, 0.25) is 5.91 Å². The number of carbonyl (C=O) groups excluding carboxylic acids is 3. The van der Waals surface area contributed by atoms with Crippen molar-refractivity contribution in [2.45, 2.75) is 25.3 Å². The molecule has 7 nitrogen and oxygen atoms in total. The van der Waals surface area contributed by atoms with Crippen LogP contribution in [-0.2, 0) is 16.0 Å². The Bertz CT molecular complexity index is 532. The van der Waals surface area contributed by atoms with Gasteiger partial charge in [-0.2, -0.15) is 0 Å². The summed E-state index contributed by atoms with van der Waals surface area (Å²) in [5.41, 5.74) is 2.56. The summed E-state index contributed by atoms with van der Waals surface area (Å²) in [6, 6.07) is 8.63. The monoisotopic (exact) mass is 291 g/mol. The van der Waals surface area contributed by atoms with Crippen LogP contribution in [0.1, 0.15) is 18.4 Å². The Morgan fingerprint density at radius 3 is 2.67 bits per heavy atom. The van der Waals surface area contributed by atoms with E-state index >= 15 is 0 Å². The maximum Gasteiger partial charge on any atom is 0.324 e. The van der Waals surface area contributed by atoms with Gasteiger partial charge in [-0.3, -0.25) is 19.7 Å². The number of hydroxylamine groups is 1. The molecule has 0 saturated carbocycles. The van der Waals surface area contributed by atoms with E-state index in [1.807, 2.05) is 30.3 Å². The maximum atomic E-state index is 12.1. The average Bonchev–Trinajstić information content (AvgIpc) is 2.78. The van der Waals surface area contributed by atoms with Gasteiger partial charge in [-0.1, -0.05) is 30.3 Å². The predicted molar refractivity (Wildman–Crippen MR) is 73.3 cm³/mol. The number of imide groups is 1. The number of carbonyl (C=O) groups is 3. The standard InChI is InChI=1S/C14H17N3O4/c18-12(16-21)8-9-17-13(19)11(15-14(17)20)7-6-10-4-2-1-3-5-10/h1-5,11,21H,6-9H2,(H,15,20)(H,16,18). The molecule has 1 aliphatic heterocycles. The number of nitrogens with zero attached hydrogens (tertiary/aromatic N) is 1. The minimum atomic E-state index is -0.636. The maximum absolute atomic E-state index is 12.1. The Morgan fingerprint density at radius 2 is 2.00 bits per heavy atom. The minimum absolute atomic E-state index is 0.0428. The second kappa shape index (κ2) is 6.85. The van der Waals surface area contributed by atoms with Crippen molar-refractivity contribution in [1.29, 1.82) is 0 Å². The van der Waals surface area contributed by atoms with Crippen LogP contribution in [0, 0.1) is 0 Å². The average molecular weight is 291 g/mol. The normalized spacial score (nSPS) is 17.8. The molecule has 1 saturated heterocycles. The number of urea groups is 1. The minimum Gasteiger partial charge on any atom is -0.326 e. The zero-order valence-corrected chi connectivity index (χ0v) is 11.4. The van der Waals surface area contributed by atoms with Crippen LogP contribution in [0.15, 0.2) is 30.3 Å². The highest BCUT2D eigenvalue weighted by Crippen LogP contribution is 2.13. The van der Waals surface area contributed by atoms with Crippen LogP contribution < -0.4 is 10.8 Å². The van der Waals surface area contributed by atoms with Crippen molar-refractivity contribution in [1.82, 2.24) is 15.7 Å². The van der Waals surface area contributed by atoms with Gasteiger partial charge in [0.25, 0.3) is 5.91 Å². The first kappa shape index (κ1) is 15.0. The van der Waals surface area contributed by atoms with E-state index in [-0.39, 0.29) is 18.9 Å². The van der Waals surface area contributed by atoms with Gasteiger partial charge in [0.15, 0.2) is 0 Å². The van der Waals surface area contributed by atoms with Crippen molar-refractivity contribution in [2.75, 3.05) is 6.54 Å². The number of nitrogens with one attached hydrogen (secondary N) is 2. The van der Waals surface area contributed by atoms with Gasteiger partial charge in [0.1, 0.15) is 6.04 Å². The van der Waals surface area contributed by atoms with E-state index in [1.54, 1.807) is 0 Å². The molecule has 1 heterocycles. The molecule has 0 spiro atoms. The molecule has 0 bridgehead atoms. The summed E-state index contributed by atoms with van der Waals surface area (Å²) in [7, 11) is 0. The second-order valence-electron chi connectivity index (χ2n) is 4.80. The van der Waals surface area contributed by atoms with Crippen LogP contribution in [0.4, 0.5) is 4.79 Å². The molecule has 7 heteroatoms. The van der Waals surface area contributed by atoms with Crippen molar-refractivity contribution in [3.05, 3.63) is 35.9 Å². The van der Waals surface area contributed by atoms with Crippen LogP contribution in [0.25, 0.3) is 0 Å². The van der Waals surface area contributed by atoms with E-state index in [0.29, 0.717) is 12.8 Å². The molecule has 2 rings (SSSR count). The zero-order chi connectivity index (χ0) is 15.2. The lowest BCUT2D eigenvalue weighted by atomic mass is 10.1. The van der Waals surface area contributed by atoms with E-state index in [9.17, 15) is 14.4 Å². The van der Waals surface area contributed by atoms with E-state index in [1.165, 1.54) is 5.48 Å². The topological polar surface area (TPSA) is 98.7 Å². The summed E-state index contributed by atoms with van der Waals surface area (Å²) in [5.74, 6) is -0.968. The Kier molecular flexibility index (Phi) is 4.89. The third kappa shape index (κ3) is 3.79. The number of hydrogen-bond donors (Lipinski definition) is 3. The number of hydrogen-bond acceptors (Lipinski definition) is 4. The first-order valence-corrected chi connectivity index (χ1v) is 6.70. The highest BCUT2D eigenvalue weighted by Gasteiger charge is 2.37. The summed E-state index contributed by atoms with van der Waals surface area (Å²) in [6.07, 6.45) is 1.07. The molecule has 3 N–H and O–H groups in total. The van der Waals surface area contributed by atoms with Crippen LogP contribution in [0.5, 0.6) is 0 Å². The van der Waals surface area contributed by atoms with E-state index in [2.05, 4.69) is 5.32 Å². The number of amides is 4. The van der Waals surface area contributed by atoms with Crippen LogP contribution in [0.2, 0.25) is 0 Å². The first-order chi connectivity index (χ1) is 10.1. The van der Waals surface area contributed by atoms with Crippen molar-refractivity contribution in [3.63, 3.8) is 0 Å². The lowest BCUT2D eigenvalue weighted by molar-refractivity contribution is -0.131. The number of benzene rings is 1. The van der Waals surface area contributed by atoms with E-state index < -0.39 is 18.0 Å². The number of aryl methyl sites for hydroxylation is 1. The molecule has 4 amide bonds. The fourth-order valence-electron chi connectivity index (χ4n) is 2.21. The summed E-state index contributed by atoms with van der Waals surface area (Å²) < 4.78 is 0. The SMILES string of the molecule is O=C(CCN1C(=O)NC(CCc2ccccc2)C1=O)NO. The lowest BCUT2D eigenvalue weighted by Crippen LogP contribution is -2.35. The molecule has 1 atom stereocenters. The molecule has 0 aromatic heterocycles. The fraction of sp³-hybridized carbons (Fsp3) is 0.357. The van der Waals surface area contributed by atoms with Gasteiger partial charge in [0, 0.05) is 13.0 Å². The molecule has 0 aliphatic carbocycles. The summed E-state index contributed by atoms with van der Waals surface area (Å²) in [4.78, 5) is 35.7. The third-order valence-corrected chi connectivity index (χ3v) is 3.36. The fourth-order valence-corrected chi connectivity index (χ4v) is 2.21. The van der Waals surface area contributed by atoms with Gasteiger partial charge in [0.05, 0.1) is 0 Å².